The minimum Gasteiger partial charge on any atom is -0.497 e. The number of aliphatic hydroxyl groups is 1. The standard InChI is InChI=1S/C16H14O2/c1-18-16-10-9-14(15(11-16)12-17)8-7-13-5-3-2-4-6-13/h2-6,9-11,17H,12H2,1H3. The van der Waals surface area contributed by atoms with Gasteiger partial charge in [-0.2, -0.15) is 0 Å². The minimum atomic E-state index is -0.0456. The first-order valence-corrected chi connectivity index (χ1v) is 5.68. The Kier molecular flexibility index (Phi) is 4.01. The fourth-order valence-corrected chi connectivity index (χ4v) is 1.61. The Morgan fingerprint density at radius 1 is 1.06 bits per heavy atom. The van der Waals surface area contributed by atoms with Crippen LogP contribution in [0, 0.1) is 11.8 Å². The molecule has 0 saturated heterocycles. The van der Waals surface area contributed by atoms with Crippen LogP contribution >= 0.6 is 0 Å². The average molecular weight is 238 g/mol. The van der Waals surface area contributed by atoms with Crippen LogP contribution in [0.15, 0.2) is 48.5 Å². The number of ether oxygens (including phenoxy) is 1. The Morgan fingerprint density at radius 2 is 1.83 bits per heavy atom. The third-order valence-corrected chi connectivity index (χ3v) is 2.60. The van der Waals surface area contributed by atoms with E-state index in [-0.39, 0.29) is 6.61 Å². The molecule has 0 spiro atoms. The van der Waals surface area contributed by atoms with E-state index in [2.05, 4.69) is 11.8 Å². The van der Waals surface area contributed by atoms with Crippen LogP contribution in [0.1, 0.15) is 16.7 Å². The predicted molar refractivity (Wildman–Crippen MR) is 71.3 cm³/mol. The topological polar surface area (TPSA) is 29.5 Å². The van der Waals surface area contributed by atoms with Gasteiger partial charge in [-0.3, -0.25) is 0 Å². The van der Waals surface area contributed by atoms with Gasteiger partial charge in [0.05, 0.1) is 13.7 Å². The summed E-state index contributed by atoms with van der Waals surface area (Å²) < 4.78 is 5.12. The number of hydrogen-bond donors (Lipinski definition) is 1. The Hall–Kier alpha value is -2.24. The largest absolute Gasteiger partial charge is 0.497 e. The first-order chi connectivity index (χ1) is 8.83. The molecule has 0 amide bonds. The molecule has 90 valence electrons. The second-order valence-corrected chi connectivity index (χ2v) is 3.80. The van der Waals surface area contributed by atoms with Crippen molar-refractivity contribution in [3.05, 3.63) is 65.2 Å². The summed E-state index contributed by atoms with van der Waals surface area (Å²) in [4.78, 5) is 0. The second-order valence-electron chi connectivity index (χ2n) is 3.80. The molecule has 18 heavy (non-hydrogen) atoms. The summed E-state index contributed by atoms with van der Waals surface area (Å²) >= 11 is 0. The molecule has 0 aliphatic rings. The molecule has 0 radical (unpaired) electrons. The fourth-order valence-electron chi connectivity index (χ4n) is 1.61. The van der Waals surface area contributed by atoms with Crippen LogP contribution in [0.2, 0.25) is 0 Å². The van der Waals surface area contributed by atoms with E-state index in [1.165, 1.54) is 0 Å². The number of hydrogen-bond acceptors (Lipinski definition) is 2. The molecule has 2 nitrogen and oxygen atoms in total. The molecule has 0 fully saturated rings. The summed E-state index contributed by atoms with van der Waals surface area (Å²) in [5.41, 5.74) is 2.55. The van der Waals surface area contributed by atoms with Crippen LogP contribution in [-0.4, -0.2) is 12.2 Å². The molecule has 0 aliphatic carbocycles. The smallest absolute Gasteiger partial charge is 0.119 e. The molecular formula is C16H14O2. The van der Waals surface area contributed by atoms with Crippen molar-refractivity contribution in [1.29, 1.82) is 0 Å². The van der Waals surface area contributed by atoms with Crippen molar-refractivity contribution in [3.8, 4) is 17.6 Å². The quantitative estimate of drug-likeness (QED) is 0.815. The molecule has 0 unspecified atom stereocenters. The molecule has 1 N–H and O–H groups in total. The summed E-state index contributed by atoms with van der Waals surface area (Å²) in [6.07, 6.45) is 0. The van der Waals surface area contributed by atoms with Gasteiger partial charge >= 0.3 is 0 Å². The summed E-state index contributed by atoms with van der Waals surface area (Å²) in [5.74, 6) is 6.86. The summed E-state index contributed by atoms with van der Waals surface area (Å²) in [6, 6.07) is 15.3. The molecular weight excluding hydrogens is 224 g/mol. The lowest BCUT2D eigenvalue weighted by molar-refractivity contribution is 0.280. The van der Waals surface area contributed by atoms with E-state index in [0.717, 1.165) is 22.4 Å². The molecule has 2 aromatic carbocycles. The Bertz CT molecular complexity index is 577. The van der Waals surface area contributed by atoms with Crippen LogP contribution in [0.3, 0.4) is 0 Å². The van der Waals surface area contributed by atoms with Gasteiger partial charge in [-0.1, -0.05) is 30.0 Å². The molecule has 0 atom stereocenters. The zero-order valence-corrected chi connectivity index (χ0v) is 10.2. The molecule has 2 heteroatoms. The number of aliphatic hydroxyl groups excluding tert-OH is 1. The molecule has 2 aromatic rings. The van der Waals surface area contributed by atoms with E-state index in [9.17, 15) is 5.11 Å². The van der Waals surface area contributed by atoms with Gasteiger partial charge in [-0.25, -0.2) is 0 Å². The lowest BCUT2D eigenvalue weighted by Crippen LogP contribution is -1.92. The van der Waals surface area contributed by atoms with Gasteiger partial charge in [0, 0.05) is 11.1 Å². The van der Waals surface area contributed by atoms with E-state index < -0.39 is 0 Å². The third kappa shape index (κ3) is 2.91. The molecule has 0 heterocycles. The highest BCUT2D eigenvalue weighted by atomic mass is 16.5. The third-order valence-electron chi connectivity index (χ3n) is 2.60. The zero-order valence-electron chi connectivity index (χ0n) is 10.2. The SMILES string of the molecule is COc1ccc(C#Cc2ccccc2)c(CO)c1. The molecule has 2 rings (SSSR count). The van der Waals surface area contributed by atoms with Gasteiger partial charge in [-0.15, -0.1) is 0 Å². The maximum Gasteiger partial charge on any atom is 0.119 e. The fraction of sp³-hybridized carbons (Fsp3) is 0.125. The van der Waals surface area contributed by atoms with Crippen molar-refractivity contribution >= 4 is 0 Å². The molecule has 0 bridgehead atoms. The predicted octanol–water partition coefficient (Wildman–Crippen LogP) is 2.59. The first kappa shape index (κ1) is 12.2. The normalized spacial score (nSPS) is 9.44. The van der Waals surface area contributed by atoms with Crippen molar-refractivity contribution in [2.75, 3.05) is 7.11 Å². The zero-order chi connectivity index (χ0) is 12.8. The minimum absolute atomic E-state index is 0.0456. The van der Waals surface area contributed by atoms with E-state index in [0.29, 0.717) is 0 Å². The van der Waals surface area contributed by atoms with Crippen LogP contribution in [0.4, 0.5) is 0 Å². The van der Waals surface area contributed by atoms with Crippen LogP contribution in [-0.2, 0) is 6.61 Å². The summed E-state index contributed by atoms with van der Waals surface area (Å²) in [7, 11) is 1.60. The highest BCUT2D eigenvalue weighted by Gasteiger charge is 2.00. The monoisotopic (exact) mass is 238 g/mol. The Morgan fingerprint density at radius 3 is 2.50 bits per heavy atom. The maximum absolute atomic E-state index is 9.31. The van der Waals surface area contributed by atoms with Crippen LogP contribution < -0.4 is 4.74 Å². The van der Waals surface area contributed by atoms with Crippen molar-refractivity contribution in [3.63, 3.8) is 0 Å². The highest BCUT2D eigenvalue weighted by molar-refractivity contribution is 5.48. The van der Waals surface area contributed by atoms with Crippen molar-refractivity contribution in [2.24, 2.45) is 0 Å². The van der Waals surface area contributed by atoms with Gasteiger partial charge in [0.25, 0.3) is 0 Å². The maximum atomic E-state index is 9.31. The lowest BCUT2D eigenvalue weighted by Gasteiger charge is -2.04. The van der Waals surface area contributed by atoms with Crippen molar-refractivity contribution < 1.29 is 9.84 Å². The van der Waals surface area contributed by atoms with E-state index in [4.69, 9.17) is 4.74 Å². The molecule has 0 aromatic heterocycles. The van der Waals surface area contributed by atoms with E-state index >= 15 is 0 Å². The first-order valence-electron chi connectivity index (χ1n) is 5.68. The van der Waals surface area contributed by atoms with Crippen molar-refractivity contribution in [2.45, 2.75) is 6.61 Å². The Labute approximate surface area is 107 Å². The van der Waals surface area contributed by atoms with Crippen molar-refractivity contribution in [1.82, 2.24) is 0 Å². The van der Waals surface area contributed by atoms with E-state index in [1.54, 1.807) is 13.2 Å². The van der Waals surface area contributed by atoms with Gasteiger partial charge in [0.2, 0.25) is 0 Å². The molecule has 0 saturated carbocycles. The van der Waals surface area contributed by atoms with Gasteiger partial charge in [0.1, 0.15) is 5.75 Å². The number of benzene rings is 2. The second kappa shape index (κ2) is 5.90. The molecule has 0 aliphatic heterocycles. The summed E-state index contributed by atoms with van der Waals surface area (Å²) in [5, 5.41) is 9.31. The van der Waals surface area contributed by atoms with Crippen LogP contribution in [0.5, 0.6) is 5.75 Å². The summed E-state index contributed by atoms with van der Waals surface area (Å²) in [6.45, 7) is -0.0456. The van der Waals surface area contributed by atoms with E-state index in [1.807, 2.05) is 42.5 Å². The lowest BCUT2D eigenvalue weighted by atomic mass is 10.1. The van der Waals surface area contributed by atoms with Gasteiger partial charge in [0.15, 0.2) is 0 Å². The van der Waals surface area contributed by atoms with Gasteiger partial charge < -0.3 is 9.84 Å². The highest BCUT2D eigenvalue weighted by Crippen LogP contribution is 2.17. The Balaban J connectivity index is 2.32. The van der Waals surface area contributed by atoms with Gasteiger partial charge in [-0.05, 0) is 35.9 Å². The number of rotatable bonds is 2. The number of methoxy groups -OCH3 is 1. The van der Waals surface area contributed by atoms with Crippen LogP contribution in [0.25, 0.3) is 0 Å². The average Bonchev–Trinajstić information content (AvgIpc) is 2.46.